The summed E-state index contributed by atoms with van der Waals surface area (Å²) in [7, 11) is 1.71. The lowest BCUT2D eigenvalue weighted by Crippen LogP contribution is -1.82. The lowest BCUT2D eigenvalue weighted by atomic mass is 10.1. The lowest BCUT2D eigenvalue weighted by molar-refractivity contribution is 0.419. The topological polar surface area (TPSA) is 25.0 Å². The van der Waals surface area contributed by atoms with Gasteiger partial charge in [0, 0.05) is 16.3 Å². The first-order chi connectivity index (χ1) is 8.33. The number of para-hydroxylation sites is 1. The van der Waals surface area contributed by atoms with Crippen LogP contribution in [0.4, 0.5) is 0 Å². The van der Waals surface area contributed by atoms with Crippen molar-refractivity contribution in [2.75, 3.05) is 7.11 Å². The Balaban J connectivity index is 2.42. The van der Waals surface area contributed by atoms with E-state index in [9.17, 15) is 0 Å². The first kappa shape index (κ1) is 10.2. The highest BCUT2D eigenvalue weighted by Crippen LogP contribution is 2.31. The predicted molar refractivity (Wildman–Crippen MR) is 71.7 cm³/mol. The number of aromatic amines is 1. The van der Waals surface area contributed by atoms with E-state index in [0.717, 1.165) is 17.7 Å². The van der Waals surface area contributed by atoms with Crippen molar-refractivity contribution < 1.29 is 4.74 Å². The molecule has 3 rings (SSSR count). The fraction of sp³-hybridized carbons (Fsp3) is 0.200. The van der Waals surface area contributed by atoms with Gasteiger partial charge in [0.05, 0.1) is 12.6 Å². The van der Waals surface area contributed by atoms with Crippen LogP contribution in [0.15, 0.2) is 36.4 Å². The van der Waals surface area contributed by atoms with E-state index in [1.807, 2.05) is 12.1 Å². The minimum atomic E-state index is 0.900. The minimum absolute atomic E-state index is 0.900. The molecule has 0 spiro atoms. The molecule has 0 saturated heterocycles. The summed E-state index contributed by atoms with van der Waals surface area (Å²) in [5, 5.41) is 2.51. The number of rotatable bonds is 2. The summed E-state index contributed by atoms with van der Waals surface area (Å²) in [4.78, 5) is 3.42. The van der Waals surface area contributed by atoms with Gasteiger partial charge in [0.2, 0.25) is 0 Å². The number of aromatic nitrogens is 1. The SMILES string of the molecule is CCc1ccc2[nH]c3c(OC)cccc3c2c1. The zero-order chi connectivity index (χ0) is 11.8. The van der Waals surface area contributed by atoms with Gasteiger partial charge in [-0.05, 0) is 30.2 Å². The quantitative estimate of drug-likeness (QED) is 0.703. The van der Waals surface area contributed by atoms with Gasteiger partial charge in [0.15, 0.2) is 0 Å². The van der Waals surface area contributed by atoms with E-state index in [4.69, 9.17) is 4.74 Å². The van der Waals surface area contributed by atoms with Crippen molar-refractivity contribution in [3.8, 4) is 5.75 Å². The molecule has 0 bridgehead atoms. The Kier molecular flexibility index (Phi) is 2.29. The predicted octanol–water partition coefficient (Wildman–Crippen LogP) is 3.89. The molecule has 0 radical (unpaired) electrons. The Hall–Kier alpha value is -1.96. The molecule has 1 N–H and O–H groups in total. The molecule has 0 aliphatic heterocycles. The molecule has 0 fully saturated rings. The van der Waals surface area contributed by atoms with Crippen LogP contribution in [0.5, 0.6) is 5.75 Å². The highest BCUT2D eigenvalue weighted by Gasteiger charge is 2.08. The van der Waals surface area contributed by atoms with Crippen LogP contribution in [0.3, 0.4) is 0 Å². The van der Waals surface area contributed by atoms with E-state index in [-0.39, 0.29) is 0 Å². The third-order valence-corrected chi connectivity index (χ3v) is 3.29. The molecule has 0 saturated carbocycles. The zero-order valence-corrected chi connectivity index (χ0v) is 10.1. The number of fused-ring (bicyclic) bond motifs is 3. The maximum absolute atomic E-state index is 5.38. The molecule has 0 atom stereocenters. The number of benzene rings is 2. The molecule has 17 heavy (non-hydrogen) atoms. The average Bonchev–Trinajstić information content (AvgIpc) is 2.76. The normalized spacial score (nSPS) is 11.2. The molecule has 2 heteroatoms. The van der Waals surface area contributed by atoms with E-state index < -0.39 is 0 Å². The molecule has 2 aromatic carbocycles. The number of aryl methyl sites for hydroxylation is 1. The van der Waals surface area contributed by atoms with Crippen LogP contribution in [0.2, 0.25) is 0 Å². The zero-order valence-electron chi connectivity index (χ0n) is 10.1. The van der Waals surface area contributed by atoms with Crippen molar-refractivity contribution in [2.24, 2.45) is 0 Å². The van der Waals surface area contributed by atoms with Gasteiger partial charge < -0.3 is 9.72 Å². The van der Waals surface area contributed by atoms with Crippen molar-refractivity contribution in [2.45, 2.75) is 13.3 Å². The molecule has 3 aromatic rings. The smallest absolute Gasteiger partial charge is 0.142 e. The Morgan fingerprint density at radius 1 is 1.12 bits per heavy atom. The molecule has 1 aromatic heterocycles. The van der Waals surface area contributed by atoms with Gasteiger partial charge in [-0.1, -0.05) is 25.1 Å². The van der Waals surface area contributed by atoms with E-state index in [2.05, 4.69) is 36.2 Å². The molecule has 1 heterocycles. The second-order valence-electron chi connectivity index (χ2n) is 4.24. The van der Waals surface area contributed by atoms with Gasteiger partial charge in [0.1, 0.15) is 5.75 Å². The first-order valence-electron chi connectivity index (χ1n) is 5.91. The summed E-state index contributed by atoms with van der Waals surface area (Å²) in [6.07, 6.45) is 1.06. The maximum atomic E-state index is 5.38. The molecule has 2 nitrogen and oxygen atoms in total. The fourth-order valence-corrected chi connectivity index (χ4v) is 2.33. The molecule has 86 valence electrons. The van der Waals surface area contributed by atoms with Crippen LogP contribution in [0.25, 0.3) is 21.8 Å². The number of hydrogen-bond acceptors (Lipinski definition) is 1. The molecule has 0 amide bonds. The summed E-state index contributed by atoms with van der Waals surface area (Å²) in [6, 6.07) is 12.7. The largest absolute Gasteiger partial charge is 0.495 e. The Morgan fingerprint density at radius 3 is 2.76 bits per heavy atom. The second kappa shape index (κ2) is 3.81. The molecular weight excluding hydrogens is 210 g/mol. The Bertz CT molecular complexity index is 682. The molecule has 0 aliphatic rings. The number of ether oxygens (including phenoxy) is 1. The summed E-state index contributed by atoms with van der Waals surface area (Å²) < 4.78 is 5.38. The third kappa shape index (κ3) is 1.48. The first-order valence-corrected chi connectivity index (χ1v) is 5.91. The van der Waals surface area contributed by atoms with Gasteiger partial charge >= 0.3 is 0 Å². The lowest BCUT2D eigenvalue weighted by Gasteiger charge is -2.00. The monoisotopic (exact) mass is 225 g/mol. The van der Waals surface area contributed by atoms with Crippen LogP contribution in [0.1, 0.15) is 12.5 Å². The average molecular weight is 225 g/mol. The number of methoxy groups -OCH3 is 1. The van der Waals surface area contributed by atoms with Crippen molar-refractivity contribution in [3.63, 3.8) is 0 Å². The van der Waals surface area contributed by atoms with Crippen LogP contribution in [-0.4, -0.2) is 12.1 Å². The number of H-pyrrole nitrogens is 1. The molecular formula is C15H15NO. The van der Waals surface area contributed by atoms with E-state index >= 15 is 0 Å². The van der Waals surface area contributed by atoms with E-state index in [1.165, 1.54) is 21.9 Å². The van der Waals surface area contributed by atoms with Gasteiger partial charge in [-0.3, -0.25) is 0 Å². The maximum Gasteiger partial charge on any atom is 0.142 e. The van der Waals surface area contributed by atoms with Gasteiger partial charge in [-0.2, -0.15) is 0 Å². The Morgan fingerprint density at radius 2 is 2.00 bits per heavy atom. The summed E-state index contributed by atoms with van der Waals surface area (Å²) in [5.41, 5.74) is 3.61. The minimum Gasteiger partial charge on any atom is -0.495 e. The van der Waals surface area contributed by atoms with Crippen molar-refractivity contribution in [3.05, 3.63) is 42.0 Å². The fourth-order valence-electron chi connectivity index (χ4n) is 2.33. The van der Waals surface area contributed by atoms with E-state index in [1.54, 1.807) is 7.11 Å². The summed E-state index contributed by atoms with van der Waals surface area (Å²) in [5.74, 6) is 0.900. The van der Waals surface area contributed by atoms with Gasteiger partial charge in [-0.15, -0.1) is 0 Å². The van der Waals surface area contributed by atoms with Gasteiger partial charge in [-0.25, -0.2) is 0 Å². The molecule has 0 aliphatic carbocycles. The van der Waals surface area contributed by atoms with E-state index in [0.29, 0.717) is 0 Å². The van der Waals surface area contributed by atoms with Crippen LogP contribution in [-0.2, 0) is 6.42 Å². The number of hydrogen-bond donors (Lipinski definition) is 1. The van der Waals surface area contributed by atoms with Gasteiger partial charge in [0.25, 0.3) is 0 Å². The summed E-state index contributed by atoms with van der Waals surface area (Å²) in [6.45, 7) is 2.18. The van der Waals surface area contributed by atoms with Crippen LogP contribution in [0, 0.1) is 0 Å². The van der Waals surface area contributed by atoms with Crippen LogP contribution < -0.4 is 4.74 Å². The van der Waals surface area contributed by atoms with Crippen LogP contribution >= 0.6 is 0 Å². The third-order valence-electron chi connectivity index (χ3n) is 3.29. The highest BCUT2D eigenvalue weighted by atomic mass is 16.5. The Labute approximate surface area is 100 Å². The number of nitrogens with one attached hydrogen (secondary N) is 1. The standard InChI is InChI=1S/C15H15NO/c1-3-10-7-8-13-12(9-10)11-5-4-6-14(17-2)15(11)16-13/h4-9,16H,3H2,1-2H3. The highest BCUT2D eigenvalue weighted by molar-refractivity contribution is 6.09. The van der Waals surface area contributed by atoms with Crippen molar-refractivity contribution in [1.29, 1.82) is 0 Å². The summed E-state index contributed by atoms with van der Waals surface area (Å²) >= 11 is 0. The van der Waals surface area contributed by atoms with Crippen molar-refractivity contribution >= 4 is 21.8 Å². The van der Waals surface area contributed by atoms with Crippen molar-refractivity contribution in [1.82, 2.24) is 4.98 Å². The second-order valence-corrected chi connectivity index (χ2v) is 4.24. The molecule has 0 unspecified atom stereocenters.